The van der Waals surface area contributed by atoms with Crippen LogP contribution < -0.4 is 0 Å². The van der Waals surface area contributed by atoms with E-state index in [4.69, 9.17) is 17.0 Å². The van der Waals surface area contributed by atoms with E-state index in [1.54, 1.807) is 0 Å². The maximum absolute atomic E-state index is 12.4. The quantitative estimate of drug-likeness (QED) is 0.326. The third kappa shape index (κ3) is 5.18. The molecule has 0 atom stereocenters. The Hall–Kier alpha value is -1.66. The number of carbonyl (C=O) groups excluding carboxylic acids is 2. The van der Waals surface area contributed by atoms with Crippen molar-refractivity contribution in [3.05, 3.63) is 40.8 Å². The van der Waals surface area contributed by atoms with Crippen molar-refractivity contribution in [1.82, 2.24) is 4.90 Å². The number of rotatable bonds is 7. The van der Waals surface area contributed by atoms with Gasteiger partial charge in [0.25, 0.3) is 5.91 Å². The zero-order valence-corrected chi connectivity index (χ0v) is 14.6. The zero-order chi connectivity index (χ0) is 16.7. The average molecular weight is 349 g/mol. The first-order valence-electron chi connectivity index (χ1n) is 7.58. The predicted octanol–water partition coefficient (Wildman–Crippen LogP) is 3.62. The van der Waals surface area contributed by atoms with Crippen molar-refractivity contribution in [1.29, 1.82) is 0 Å². The molecular weight excluding hydrogens is 330 g/mol. The van der Waals surface area contributed by atoms with Gasteiger partial charge in [-0.15, -0.1) is 0 Å². The van der Waals surface area contributed by atoms with Crippen molar-refractivity contribution >= 4 is 46.3 Å². The van der Waals surface area contributed by atoms with Gasteiger partial charge in [0.2, 0.25) is 0 Å². The predicted molar refractivity (Wildman–Crippen MR) is 96.8 cm³/mol. The third-order valence-corrected chi connectivity index (χ3v) is 4.65. The Balaban J connectivity index is 1.91. The number of hydrogen-bond donors (Lipinski definition) is 0. The minimum absolute atomic E-state index is 0.148. The van der Waals surface area contributed by atoms with Crippen LogP contribution in [0.1, 0.15) is 31.7 Å². The van der Waals surface area contributed by atoms with E-state index in [2.05, 4.69) is 0 Å². The Morgan fingerprint density at radius 2 is 2.09 bits per heavy atom. The molecule has 2 rings (SSSR count). The fourth-order valence-corrected chi connectivity index (χ4v) is 3.31. The molecule has 0 spiro atoms. The third-order valence-electron chi connectivity index (χ3n) is 3.27. The van der Waals surface area contributed by atoms with E-state index in [0.29, 0.717) is 15.8 Å². The van der Waals surface area contributed by atoms with Gasteiger partial charge in [-0.1, -0.05) is 67.7 Å². The summed E-state index contributed by atoms with van der Waals surface area (Å²) in [5.74, 6) is -0.440. The summed E-state index contributed by atoms with van der Waals surface area (Å²) in [6.45, 7) is 2.73. The Morgan fingerprint density at radius 1 is 1.35 bits per heavy atom. The maximum atomic E-state index is 12.4. The fraction of sp³-hybridized carbons (Fsp3) is 0.353. The molecule has 1 amide bonds. The molecule has 1 aromatic rings. The van der Waals surface area contributed by atoms with Crippen molar-refractivity contribution < 1.29 is 14.3 Å². The van der Waals surface area contributed by atoms with Gasteiger partial charge in [-0.3, -0.25) is 14.5 Å². The molecule has 0 saturated carbocycles. The van der Waals surface area contributed by atoms with E-state index >= 15 is 0 Å². The van der Waals surface area contributed by atoms with Crippen molar-refractivity contribution in [3.8, 4) is 0 Å². The lowest BCUT2D eigenvalue weighted by atomic mass is 10.2. The molecule has 1 aromatic carbocycles. The van der Waals surface area contributed by atoms with Crippen LogP contribution in [0.5, 0.6) is 0 Å². The second kappa shape index (κ2) is 8.84. The topological polar surface area (TPSA) is 46.6 Å². The second-order valence-electron chi connectivity index (χ2n) is 5.07. The number of carbonyl (C=O) groups is 2. The Morgan fingerprint density at radius 3 is 2.78 bits per heavy atom. The van der Waals surface area contributed by atoms with Gasteiger partial charge in [0.1, 0.15) is 4.32 Å². The van der Waals surface area contributed by atoms with E-state index in [-0.39, 0.29) is 24.8 Å². The largest absolute Gasteiger partial charge is 0.466 e. The Kier molecular flexibility index (Phi) is 6.80. The standard InChI is InChI=1S/C17H19NO3S2/c1-2-3-11-21-15(19)9-10-18-16(20)14(23-17(18)22)12-13-7-5-4-6-8-13/h4-8,12H,2-3,9-11H2,1H3/b14-12-. The minimum Gasteiger partial charge on any atom is -0.466 e. The minimum atomic E-state index is -0.292. The number of thiocarbonyl (C=S) groups is 1. The van der Waals surface area contributed by atoms with Gasteiger partial charge in [-0.25, -0.2) is 0 Å². The summed E-state index contributed by atoms with van der Waals surface area (Å²) in [5, 5.41) is 0. The number of hydrogen-bond acceptors (Lipinski definition) is 5. The average Bonchev–Trinajstić information content (AvgIpc) is 2.80. The molecule has 1 aliphatic heterocycles. The lowest BCUT2D eigenvalue weighted by Gasteiger charge is -2.13. The molecule has 1 fully saturated rings. The summed E-state index contributed by atoms with van der Waals surface area (Å²) in [7, 11) is 0. The van der Waals surface area contributed by atoms with Crippen LogP contribution in [0.25, 0.3) is 6.08 Å². The van der Waals surface area contributed by atoms with Gasteiger partial charge in [-0.2, -0.15) is 0 Å². The van der Waals surface area contributed by atoms with Crippen LogP contribution in [0.4, 0.5) is 0 Å². The zero-order valence-electron chi connectivity index (χ0n) is 13.0. The van der Waals surface area contributed by atoms with Crippen LogP contribution in [0.3, 0.4) is 0 Å². The molecule has 1 saturated heterocycles. The maximum Gasteiger partial charge on any atom is 0.307 e. The molecule has 23 heavy (non-hydrogen) atoms. The van der Waals surface area contributed by atoms with Gasteiger partial charge in [-0.05, 0) is 18.1 Å². The molecule has 6 heteroatoms. The monoisotopic (exact) mass is 349 g/mol. The SMILES string of the molecule is CCCCOC(=O)CCN1C(=O)/C(=C/c2ccccc2)SC1=S. The van der Waals surface area contributed by atoms with Gasteiger partial charge >= 0.3 is 5.97 Å². The second-order valence-corrected chi connectivity index (χ2v) is 6.74. The molecule has 0 unspecified atom stereocenters. The van der Waals surface area contributed by atoms with Crippen LogP contribution in [-0.4, -0.2) is 34.2 Å². The number of benzene rings is 1. The molecular formula is C17H19NO3S2. The number of amides is 1. The summed E-state index contributed by atoms with van der Waals surface area (Å²) >= 11 is 6.51. The van der Waals surface area contributed by atoms with E-state index < -0.39 is 0 Å². The molecule has 0 radical (unpaired) electrons. The fourth-order valence-electron chi connectivity index (χ4n) is 2.00. The van der Waals surface area contributed by atoms with Crippen LogP contribution in [0.2, 0.25) is 0 Å². The highest BCUT2D eigenvalue weighted by Gasteiger charge is 2.32. The van der Waals surface area contributed by atoms with E-state index in [1.807, 2.05) is 43.3 Å². The summed E-state index contributed by atoms with van der Waals surface area (Å²) in [6.07, 6.45) is 3.81. The van der Waals surface area contributed by atoms with Crippen molar-refractivity contribution in [2.24, 2.45) is 0 Å². The molecule has 0 bridgehead atoms. The van der Waals surface area contributed by atoms with Crippen LogP contribution in [0, 0.1) is 0 Å². The number of unbranched alkanes of at least 4 members (excludes halogenated alkanes) is 1. The first-order chi connectivity index (χ1) is 11.1. The Bertz CT molecular complexity index is 614. The van der Waals surface area contributed by atoms with Crippen LogP contribution in [0.15, 0.2) is 35.2 Å². The Labute approximate surface area is 145 Å². The van der Waals surface area contributed by atoms with Gasteiger partial charge < -0.3 is 4.74 Å². The van der Waals surface area contributed by atoms with Gasteiger partial charge in [0.15, 0.2) is 0 Å². The van der Waals surface area contributed by atoms with E-state index in [0.717, 1.165) is 18.4 Å². The van der Waals surface area contributed by atoms with Gasteiger partial charge in [0, 0.05) is 6.54 Å². The van der Waals surface area contributed by atoms with Crippen molar-refractivity contribution in [2.45, 2.75) is 26.2 Å². The molecule has 0 aliphatic carbocycles. The van der Waals surface area contributed by atoms with Gasteiger partial charge in [0.05, 0.1) is 17.9 Å². The lowest BCUT2D eigenvalue weighted by Crippen LogP contribution is -2.30. The highest BCUT2D eigenvalue weighted by Crippen LogP contribution is 2.32. The van der Waals surface area contributed by atoms with Crippen molar-refractivity contribution in [2.75, 3.05) is 13.2 Å². The number of ether oxygens (including phenoxy) is 1. The summed E-state index contributed by atoms with van der Waals surface area (Å²) in [6, 6.07) is 9.61. The van der Waals surface area contributed by atoms with Crippen LogP contribution >= 0.6 is 24.0 Å². The summed E-state index contributed by atoms with van der Waals surface area (Å²) < 4.78 is 5.58. The molecule has 0 N–H and O–H groups in total. The summed E-state index contributed by atoms with van der Waals surface area (Å²) in [4.78, 5) is 26.1. The van der Waals surface area contributed by atoms with Crippen LogP contribution in [-0.2, 0) is 14.3 Å². The number of thioether (sulfide) groups is 1. The van der Waals surface area contributed by atoms with Crippen molar-refractivity contribution in [3.63, 3.8) is 0 Å². The summed E-state index contributed by atoms with van der Waals surface area (Å²) in [5.41, 5.74) is 0.951. The smallest absolute Gasteiger partial charge is 0.307 e. The molecule has 0 aromatic heterocycles. The van der Waals surface area contributed by atoms with E-state index in [9.17, 15) is 9.59 Å². The number of esters is 1. The number of nitrogens with zero attached hydrogens (tertiary/aromatic N) is 1. The molecule has 1 heterocycles. The lowest BCUT2D eigenvalue weighted by molar-refractivity contribution is -0.144. The first-order valence-corrected chi connectivity index (χ1v) is 8.80. The first kappa shape index (κ1) is 17.7. The molecule has 4 nitrogen and oxygen atoms in total. The molecule has 122 valence electrons. The normalized spacial score (nSPS) is 16.2. The molecule has 1 aliphatic rings. The highest BCUT2D eigenvalue weighted by atomic mass is 32.2. The highest BCUT2D eigenvalue weighted by molar-refractivity contribution is 8.26. The van der Waals surface area contributed by atoms with E-state index in [1.165, 1.54) is 16.7 Å².